The van der Waals surface area contributed by atoms with Gasteiger partial charge in [0.15, 0.2) is 0 Å². The third kappa shape index (κ3) is 15.4. The summed E-state index contributed by atoms with van der Waals surface area (Å²) in [5.41, 5.74) is 4.40. The zero-order chi connectivity index (χ0) is 49.4. The molecular weight excluding hydrogens is 865 g/mol. The predicted molar refractivity (Wildman–Crippen MR) is 260 cm³/mol. The van der Waals surface area contributed by atoms with Crippen LogP contribution in [0.2, 0.25) is 0 Å². The SMILES string of the molecule is COC(C)COc1ccc(C(C)(C)c2ccc(OCC(C)OC(=O)c3ccc(C(=O)OC(C)COc4ccc(C(C)(C)c5ccc(OCC(C)OC(=O)CCC(C)=O)cc5)cc4)cc3)cc2)cc1. The second-order valence-corrected chi connectivity index (χ2v) is 18.1. The summed E-state index contributed by atoms with van der Waals surface area (Å²) in [4.78, 5) is 48.9. The summed E-state index contributed by atoms with van der Waals surface area (Å²) in [7, 11) is 1.67. The molecule has 4 atom stereocenters. The third-order valence-electron chi connectivity index (χ3n) is 11.6. The maximum Gasteiger partial charge on any atom is 0.338 e. The fraction of sp³-hybridized carbons (Fsp3) is 0.393. The molecule has 0 radical (unpaired) electrons. The molecule has 0 heterocycles. The van der Waals surface area contributed by atoms with E-state index < -0.39 is 36.2 Å². The summed E-state index contributed by atoms with van der Waals surface area (Å²) in [5.74, 6) is 1.18. The molecule has 12 heteroatoms. The van der Waals surface area contributed by atoms with Crippen molar-refractivity contribution in [2.75, 3.05) is 33.5 Å². The zero-order valence-electron chi connectivity index (χ0n) is 41.0. The number of carbonyl (C=O) groups excluding carboxylic acids is 4. The molecule has 0 aliphatic rings. The minimum atomic E-state index is -0.553. The van der Waals surface area contributed by atoms with Gasteiger partial charge in [0.05, 0.1) is 23.7 Å². The van der Waals surface area contributed by atoms with Crippen molar-refractivity contribution < 1.29 is 57.1 Å². The van der Waals surface area contributed by atoms with E-state index in [0.717, 1.165) is 28.0 Å². The van der Waals surface area contributed by atoms with E-state index in [9.17, 15) is 19.2 Å². The van der Waals surface area contributed by atoms with E-state index in [1.54, 1.807) is 27.9 Å². The monoisotopic (exact) mass is 930 g/mol. The summed E-state index contributed by atoms with van der Waals surface area (Å²) in [5, 5.41) is 0. The van der Waals surface area contributed by atoms with Crippen LogP contribution in [-0.2, 0) is 39.4 Å². The first-order valence-electron chi connectivity index (χ1n) is 23.0. The number of ether oxygens (including phenoxy) is 8. The van der Waals surface area contributed by atoms with Crippen LogP contribution >= 0.6 is 0 Å². The van der Waals surface area contributed by atoms with Crippen LogP contribution in [0.15, 0.2) is 121 Å². The highest BCUT2D eigenvalue weighted by molar-refractivity contribution is 5.93. The molecule has 362 valence electrons. The Hall–Kier alpha value is -6.66. The lowest BCUT2D eigenvalue weighted by atomic mass is 9.78. The predicted octanol–water partition coefficient (Wildman–Crippen LogP) is 10.7. The summed E-state index contributed by atoms with van der Waals surface area (Å²) in [6.07, 6.45) is -1.30. The van der Waals surface area contributed by atoms with Gasteiger partial charge in [0, 0.05) is 24.4 Å². The molecule has 0 bridgehead atoms. The Morgan fingerprint density at radius 2 is 0.691 bits per heavy atom. The fourth-order valence-electron chi connectivity index (χ4n) is 7.03. The Morgan fingerprint density at radius 3 is 0.971 bits per heavy atom. The molecular formula is C56H66O12. The highest BCUT2D eigenvalue weighted by Gasteiger charge is 2.25. The van der Waals surface area contributed by atoms with Gasteiger partial charge in [-0.25, -0.2) is 9.59 Å². The molecule has 0 N–H and O–H groups in total. The van der Waals surface area contributed by atoms with Gasteiger partial charge in [0.2, 0.25) is 0 Å². The molecule has 0 amide bonds. The first kappa shape index (κ1) is 52.3. The van der Waals surface area contributed by atoms with Gasteiger partial charge in [-0.2, -0.15) is 0 Å². The molecule has 4 unspecified atom stereocenters. The Labute approximate surface area is 401 Å². The normalized spacial score (nSPS) is 13.3. The molecule has 68 heavy (non-hydrogen) atoms. The van der Waals surface area contributed by atoms with Crippen molar-refractivity contribution in [1.82, 2.24) is 0 Å². The molecule has 12 nitrogen and oxygen atoms in total. The Bertz CT molecular complexity index is 2390. The Balaban J connectivity index is 1.01. The molecule has 5 aromatic rings. The van der Waals surface area contributed by atoms with Crippen LogP contribution in [0, 0.1) is 0 Å². The Kier molecular flexibility index (Phi) is 18.8. The van der Waals surface area contributed by atoms with Crippen molar-refractivity contribution >= 4 is 23.7 Å². The van der Waals surface area contributed by atoms with E-state index in [1.807, 2.05) is 91.9 Å². The number of hydrogen-bond donors (Lipinski definition) is 0. The number of esters is 3. The highest BCUT2D eigenvalue weighted by atomic mass is 16.6. The zero-order valence-corrected chi connectivity index (χ0v) is 41.0. The number of benzene rings is 5. The maximum absolute atomic E-state index is 13.0. The van der Waals surface area contributed by atoms with Gasteiger partial charge in [-0.3, -0.25) is 4.79 Å². The first-order valence-corrected chi connectivity index (χ1v) is 23.0. The van der Waals surface area contributed by atoms with Crippen molar-refractivity contribution in [3.8, 4) is 23.0 Å². The van der Waals surface area contributed by atoms with Gasteiger partial charge in [-0.1, -0.05) is 76.2 Å². The van der Waals surface area contributed by atoms with E-state index >= 15 is 0 Å². The summed E-state index contributed by atoms with van der Waals surface area (Å²) in [6, 6.07) is 37.7. The molecule has 0 fully saturated rings. The molecule has 5 aromatic carbocycles. The minimum Gasteiger partial charge on any atom is -0.491 e. The molecule has 0 aromatic heterocycles. The van der Waals surface area contributed by atoms with E-state index in [0.29, 0.717) is 35.0 Å². The minimum absolute atomic E-state index is 0.0132. The maximum atomic E-state index is 13.0. The van der Waals surface area contributed by atoms with Gasteiger partial charge in [-0.15, -0.1) is 0 Å². The smallest absolute Gasteiger partial charge is 0.338 e. The van der Waals surface area contributed by atoms with E-state index in [1.165, 1.54) is 31.2 Å². The fourth-order valence-corrected chi connectivity index (χ4v) is 7.03. The van der Waals surface area contributed by atoms with Gasteiger partial charge >= 0.3 is 17.9 Å². The average molecular weight is 931 g/mol. The summed E-state index contributed by atoms with van der Waals surface area (Å²) in [6.45, 7) is 18.2. The number of ketones is 1. The molecule has 0 saturated heterocycles. The molecule has 0 spiro atoms. The summed E-state index contributed by atoms with van der Waals surface area (Å²) < 4.78 is 45.4. The van der Waals surface area contributed by atoms with Crippen LogP contribution in [0.4, 0.5) is 0 Å². The van der Waals surface area contributed by atoms with Gasteiger partial charge in [0.25, 0.3) is 0 Å². The second kappa shape index (κ2) is 24.4. The lowest BCUT2D eigenvalue weighted by molar-refractivity contribution is -0.150. The van der Waals surface area contributed by atoms with Gasteiger partial charge < -0.3 is 42.7 Å². The standard InChI is InChI=1S/C56H66O12/c1-37(57)11-32-52(58)66-39(3)34-63-49-26-18-45(19-27-49)56(8,9)47-22-30-51(31-23-47)65-36-41(5)68-54(60)43-14-12-42(13-15-43)53(59)67-40(4)35-64-50-28-20-46(21-29-50)55(6,7)44-16-24-48(25-17-44)62-33-38(2)61-10/h12-31,38-41H,11,32-36H2,1-10H3. The largest absolute Gasteiger partial charge is 0.491 e. The second-order valence-electron chi connectivity index (χ2n) is 18.1. The van der Waals surface area contributed by atoms with E-state index in [2.05, 4.69) is 39.8 Å². The molecule has 0 aliphatic carbocycles. The van der Waals surface area contributed by atoms with Crippen molar-refractivity contribution in [3.63, 3.8) is 0 Å². The van der Waals surface area contributed by atoms with Crippen molar-refractivity contribution in [2.45, 2.75) is 110 Å². The van der Waals surface area contributed by atoms with Crippen LogP contribution in [-0.4, -0.2) is 81.6 Å². The molecule has 0 saturated carbocycles. The van der Waals surface area contributed by atoms with Crippen LogP contribution in [0.3, 0.4) is 0 Å². The summed E-state index contributed by atoms with van der Waals surface area (Å²) >= 11 is 0. The third-order valence-corrected chi connectivity index (χ3v) is 11.6. The van der Waals surface area contributed by atoms with Gasteiger partial charge in [-0.05, 0) is 130 Å². The van der Waals surface area contributed by atoms with Crippen LogP contribution in [0.1, 0.15) is 118 Å². The lowest BCUT2D eigenvalue weighted by Crippen LogP contribution is -2.23. The number of carbonyl (C=O) groups is 4. The van der Waals surface area contributed by atoms with E-state index in [-0.39, 0.29) is 55.4 Å². The Morgan fingerprint density at radius 1 is 0.412 bits per heavy atom. The van der Waals surface area contributed by atoms with Crippen LogP contribution in [0.25, 0.3) is 0 Å². The van der Waals surface area contributed by atoms with Crippen molar-refractivity contribution in [3.05, 3.63) is 155 Å². The number of methoxy groups -OCH3 is 1. The quantitative estimate of drug-likeness (QED) is 0.0406. The van der Waals surface area contributed by atoms with Gasteiger partial charge in [0.1, 0.15) is 73.5 Å². The van der Waals surface area contributed by atoms with Crippen molar-refractivity contribution in [1.29, 1.82) is 0 Å². The molecule has 5 rings (SSSR count). The average Bonchev–Trinajstić information content (AvgIpc) is 3.33. The lowest BCUT2D eigenvalue weighted by Gasteiger charge is -2.26. The topological polar surface area (TPSA) is 142 Å². The van der Waals surface area contributed by atoms with Crippen LogP contribution < -0.4 is 18.9 Å². The van der Waals surface area contributed by atoms with E-state index in [4.69, 9.17) is 37.9 Å². The number of Topliss-reactive ketones (excluding diaryl/α,β-unsaturated/α-hetero) is 1. The number of hydrogen-bond acceptors (Lipinski definition) is 12. The number of rotatable bonds is 25. The molecule has 0 aliphatic heterocycles. The highest BCUT2D eigenvalue weighted by Crippen LogP contribution is 2.35. The van der Waals surface area contributed by atoms with Crippen LogP contribution in [0.5, 0.6) is 23.0 Å². The first-order chi connectivity index (χ1) is 32.3. The van der Waals surface area contributed by atoms with Crippen molar-refractivity contribution in [2.24, 2.45) is 0 Å².